The highest BCUT2D eigenvalue weighted by molar-refractivity contribution is 7.14. The maximum absolute atomic E-state index is 12.4. The first-order valence-corrected chi connectivity index (χ1v) is 8.08. The van der Waals surface area contributed by atoms with Gasteiger partial charge in [-0.2, -0.15) is 5.10 Å². The van der Waals surface area contributed by atoms with E-state index in [0.717, 1.165) is 17.1 Å². The molecule has 0 spiro atoms. The lowest BCUT2D eigenvalue weighted by atomic mass is 10.3. The van der Waals surface area contributed by atoms with Gasteiger partial charge in [0.05, 0.1) is 17.6 Å². The van der Waals surface area contributed by atoms with Gasteiger partial charge in [0.1, 0.15) is 11.4 Å². The lowest BCUT2D eigenvalue weighted by molar-refractivity contribution is 0.102. The van der Waals surface area contributed by atoms with Crippen molar-refractivity contribution in [2.75, 3.05) is 5.32 Å². The molecule has 0 aliphatic rings. The lowest BCUT2D eigenvalue weighted by Crippen LogP contribution is -2.15. The third kappa shape index (κ3) is 2.74. The van der Waals surface area contributed by atoms with Crippen molar-refractivity contribution in [3.05, 3.63) is 59.5 Å². The number of nitrogens with one attached hydrogen (secondary N) is 1. The van der Waals surface area contributed by atoms with Crippen molar-refractivity contribution >= 4 is 28.0 Å². The summed E-state index contributed by atoms with van der Waals surface area (Å²) in [5.41, 5.74) is 3.34. The fourth-order valence-corrected chi connectivity index (χ4v) is 2.95. The van der Waals surface area contributed by atoms with Crippen molar-refractivity contribution in [2.24, 2.45) is 0 Å². The number of fused-ring (bicyclic) bond motifs is 1. The van der Waals surface area contributed by atoms with Crippen LogP contribution in [0.3, 0.4) is 0 Å². The Bertz CT molecular complexity index is 1020. The van der Waals surface area contributed by atoms with Gasteiger partial charge >= 0.3 is 0 Å². The zero-order valence-electron chi connectivity index (χ0n) is 12.7. The molecule has 0 aliphatic carbocycles. The quantitative estimate of drug-likeness (QED) is 0.622. The number of aryl methyl sites for hydroxylation is 1. The molecule has 0 aliphatic heterocycles. The van der Waals surface area contributed by atoms with Crippen LogP contribution in [0.2, 0.25) is 0 Å². The van der Waals surface area contributed by atoms with Gasteiger partial charge in [-0.3, -0.25) is 15.1 Å². The van der Waals surface area contributed by atoms with Crippen molar-refractivity contribution in [1.29, 1.82) is 0 Å². The number of hydrogen-bond acceptors (Lipinski definition) is 6. The van der Waals surface area contributed by atoms with E-state index >= 15 is 0 Å². The van der Waals surface area contributed by atoms with Gasteiger partial charge in [-0.05, 0) is 31.2 Å². The van der Waals surface area contributed by atoms with Gasteiger partial charge in [0.2, 0.25) is 0 Å². The molecule has 0 bridgehead atoms. The number of carbonyl (C=O) groups is 1. The number of carbonyl (C=O) groups excluding carboxylic acids is 1. The predicted molar refractivity (Wildman–Crippen MR) is 91.0 cm³/mol. The Morgan fingerprint density at radius 3 is 2.92 bits per heavy atom. The minimum Gasteiger partial charge on any atom is -0.296 e. The smallest absolute Gasteiger partial charge is 0.277 e. The van der Waals surface area contributed by atoms with Gasteiger partial charge < -0.3 is 0 Å². The van der Waals surface area contributed by atoms with Crippen LogP contribution < -0.4 is 5.32 Å². The average Bonchev–Trinajstić information content (AvgIpc) is 3.20. The van der Waals surface area contributed by atoms with Gasteiger partial charge in [-0.1, -0.05) is 6.07 Å². The van der Waals surface area contributed by atoms with Gasteiger partial charge in [0.25, 0.3) is 5.91 Å². The van der Waals surface area contributed by atoms with Gasteiger partial charge in [0.15, 0.2) is 10.8 Å². The minimum absolute atomic E-state index is 0.300. The van der Waals surface area contributed by atoms with Crippen LogP contribution in [0.25, 0.3) is 17.0 Å². The highest BCUT2D eigenvalue weighted by Crippen LogP contribution is 2.23. The highest BCUT2D eigenvalue weighted by Gasteiger charge is 2.13. The molecule has 0 saturated heterocycles. The highest BCUT2D eigenvalue weighted by atomic mass is 32.1. The second-order valence-corrected chi connectivity index (χ2v) is 5.97. The van der Waals surface area contributed by atoms with E-state index in [9.17, 15) is 4.79 Å². The van der Waals surface area contributed by atoms with Crippen molar-refractivity contribution in [3.63, 3.8) is 0 Å². The SMILES string of the molecule is Cc1cn2nc(C(=O)Nc3nc(-c4ccccn4)cs3)ccc2n1. The molecule has 8 heteroatoms. The molecule has 4 aromatic rings. The van der Waals surface area contributed by atoms with Crippen molar-refractivity contribution in [3.8, 4) is 11.4 Å². The molecule has 0 radical (unpaired) electrons. The maximum Gasteiger partial charge on any atom is 0.277 e. The number of anilines is 1. The second kappa shape index (κ2) is 5.82. The molecule has 7 nitrogen and oxygen atoms in total. The van der Waals surface area contributed by atoms with E-state index in [4.69, 9.17) is 0 Å². The normalized spacial score (nSPS) is 10.9. The van der Waals surface area contributed by atoms with Crippen LogP contribution in [0, 0.1) is 6.92 Å². The summed E-state index contributed by atoms with van der Waals surface area (Å²) in [6, 6.07) is 9.02. The number of amides is 1. The van der Waals surface area contributed by atoms with E-state index in [2.05, 4.69) is 25.4 Å². The van der Waals surface area contributed by atoms with E-state index in [1.807, 2.05) is 30.5 Å². The average molecular weight is 336 g/mol. The number of pyridine rings is 1. The predicted octanol–water partition coefficient (Wildman–Crippen LogP) is 2.81. The Balaban J connectivity index is 1.56. The van der Waals surface area contributed by atoms with Crippen molar-refractivity contribution < 1.29 is 4.79 Å². The molecule has 118 valence electrons. The Morgan fingerprint density at radius 2 is 2.08 bits per heavy atom. The Morgan fingerprint density at radius 1 is 1.17 bits per heavy atom. The Hall–Kier alpha value is -3.13. The first-order valence-electron chi connectivity index (χ1n) is 7.20. The van der Waals surface area contributed by atoms with Crippen LogP contribution in [0.4, 0.5) is 5.13 Å². The summed E-state index contributed by atoms with van der Waals surface area (Å²) in [6.45, 7) is 1.88. The van der Waals surface area contributed by atoms with Crippen LogP contribution in [-0.4, -0.2) is 30.5 Å². The molecule has 1 amide bonds. The first kappa shape index (κ1) is 14.5. The summed E-state index contributed by atoms with van der Waals surface area (Å²) in [5.74, 6) is -0.315. The molecule has 1 N–H and O–H groups in total. The molecular weight excluding hydrogens is 324 g/mol. The minimum atomic E-state index is -0.315. The van der Waals surface area contributed by atoms with E-state index in [-0.39, 0.29) is 5.91 Å². The number of nitrogens with zero attached hydrogens (tertiary/aromatic N) is 5. The number of imidazole rings is 1. The zero-order chi connectivity index (χ0) is 16.5. The fourth-order valence-electron chi connectivity index (χ4n) is 2.25. The summed E-state index contributed by atoms with van der Waals surface area (Å²) in [6.07, 6.45) is 3.48. The van der Waals surface area contributed by atoms with Crippen molar-refractivity contribution in [2.45, 2.75) is 6.92 Å². The summed E-state index contributed by atoms with van der Waals surface area (Å²) in [4.78, 5) is 25.3. The first-order chi connectivity index (χ1) is 11.7. The monoisotopic (exact) mass is 336 g/mol. The second-order valence-electron chi connectivity index (χ2n) is 5.11. The van der Waals surface area contributed by atoms with Crippen LogP contribution in [0.5, 0.6) is 0 Å². The summed E-state index contributed by atoms with van der Waals surface area (Å²) >= 11 is 1.35. The molecule has 0 fully saturated rings. The summed E-state index contributed by atoms with van der Waals surface area (Å²) in [7, 11) is 0. The van der Waals surface area contributed by atoms with Gasteiger partial charge in [0, 0.05) is 11.6 Å². The van der Waals surface area contributed by atoms with Crippen LogP contribution in [-0.2, 0) is 0 Å². The van der Waals surface area contributed by atoms with E-state index < -0.39 is 0 Å². The number of hydrogen-bond donors (Lipinski definition) is 1. The molecule has 0 atom stereocenters. The van der Waals surface area contributed by atoms with E-state index in [0.29, 0.717) is 16.5 Å². The zero-order valence-corrected chi connectivity index (χ0v) is 13.5. The van der Waals surface area contributed by atoms with Crippen LogP contribution in [0.1, 0.15) is 16.2 Å². The Kier molecular flexibility index (Phi) is 3.51. The largest absolute Gasteiger partial charge is 0.296 e. The van der Waals surface area contributed by atoms with Crippen LogP contribution >= 0.6 is 11.3 Å². The molecule has 4 aromatic heterocycles. The van der Waals surface area contributed by atoms with Gasteiger partial charge in [-0.25, -0.2) is 14.5 Å². The van der Waals surface area contributed by atoms with Crippen LogP contribution in [0.15, 0.2) is 48.1 Å². The molecule has 4 heterocycles. The summed E-state index contributed by atoms with van der Waals surface area (Å²) in [5, 5.41) is 9.39. The van der Waals surface area contributed by atoms with E-state index in [1.165, 1.54) is 11.3 Å². The van der Waals surface area contributed by atoms with E-state index in [1.54, 1.807) is 29.0 Å². The number of thiazole rings is 1. The van der Waals surface area contributed by atoms with Crippen molar-refractivity contribution in [1.82, 2.24) is 24.6 Å². The maximum atomic E-state index is 12.4. The molecule has 24 heavy (non-hydrogen) atoms. The standard InChI is InChI=1S/C16H12N6OS/c1-10-8-22-14(18-10)6-5-12(21-22)15(23)20-16-19-13(9-24-16)11-4-2-3-7-17-11/h2-9H,1H3,(H,19,20,23). The molecule has 0 saturated carbocycles. The molecule has 4 rings (SSSR count). The Labute approximate surface area is 141 Å². The lowest BCUT2D eigenvalue weighted by Gasteiger charge is -2.01. The number of aromatic nitrogens is 5. The molecular formula is C16H12N6OS. The summed E-state index contributed by atoms with van der Waals surface area (Å²) < 4.78 is 1.59. The topological polar surface area (TPSA) is 85.1 Å². The molecule has 0 unspecified atom stereocenters. The fraction of sp³-hybridized carbons (Fsp3) is 0.0625. The third-order valence-corrected chi connectivity index (χ3v) is 4.08. The van der Waals surface area contributed by atoms with Gasteiger partial charge in [-0.15, -0.1) is 11.3 Å². The third-order valence-electron chi connectivity index (χ3n) is 3.33. The molecule has 0 aromatic carbocycles. The number of rotatable bonds is 3.